The predicted molar refractivity (Wildman–Crippen MR) is 82.7 cm³/mol. The van der Waals surface area contributed by atoms with E-state index in [9.17, 15) is 13.9 Å². The molecular weight excluding hydrogens is 300 g/mol. The van der Waals surface area contributed by atoms with Gasteiger partial charge in [-0.3, -0.25) is 4.68 Å². The number of likely N-dealkylation sites (tertiary alicyclic amines) is 1. The van der Waals surface area contributed by atoms with Gasteiger partial charge in [-0.15, -0.1) is 0 Å². The van der Waals surface area contributed by atoms with Crippen LogP contribution in [0.3, 0.4) is 0 Å². The number of aromatic nitrogens is 2. The maximum atomic E-state index is 13.2. The van der Waals surface area contributed by atoms with Gasteiger partial charge in [0.25, 0.3) is 0 Å². The summed E-state index contributed by atoms with van der Waals surface area (Å²) in [4.78, 5) is 2.17. The van der Waals surface area contributed by atoms with Crippen molar-refractivity contribution in [3.05, 3.63) is 53.9 Å². The molecule has 124 valence electrons. The molecule has 1 aliphatic rings. The van der Waals surface area contributed by atoms with E-state index in [-0.39, 0.29) is 0 Å². The second-order valence-electron chi connectivity index (χ2n) is 6.16. The summed E-state index contributed by atoms with van der Waals surface area (Å²) in [6.07, 6.45) is 5.05. The van der Waals surface area contributed by atoms with Crippen molar-refractivity contribution in [1.82, 2.24) is 14.7 Å². The van der Waals surface area contributed by atoms with Crippen LogP contribution in [-0.4, -0.2) is 39.4 Å². The lowest BCUT2D eigenvalue weighted by molar-refractivity contribution is 0.0858. The average molecular weight is 321 g/mol. The van der Waals surface area contributed by atoms with Crippen molar-refractivity contribution in [1.29, 1.82) is 0 Å². The van der Waals surface area contributed by atoms with E-state index in [0.29, 0.717) is 18.0 Å². The van der Waals surface area contributed by atoms with Gasteiger partial charge in [-0.1, -0.05) is 6.07 Å². The number of halogens is 2. The smallest absolute Gasteiger partial charge is 0.159 e. The second kappa shape index (κ2) is 7.19. The van der Waals surface area contributed by atoms with Gasteiger partial charge in [0, 0.05) is 25.5 Å². The zero-order valence-electron chi connectivity index (χ0n) is 12.9. The van der Waals surface area contributed by atoms with Gasteiger partial charge in [-0.05, 0) is 55.6 Å². The lowest BCUT2D eigenvalue weighted by Gasteiger charge is -2.33. The van der Waals surface area contributed by atoms with E-state index < -0.39 is 17.7 Å². The van der Waals surface area contributed by atoms with Gasteiger partial charge < -0.3 is 10.0 Å². The van der Waals surface area contributed by atoms with Crippen molar-refractivity contribution in [2.24, 2.45) is 5.92 Å². The summed E-state index contributed by atoms with van der Waals surface area (Å²) in [6.45, 7) is 3.16. The molecule has 23 heavy (non-hydrogen) atoms. The molecule has 1 fully saturated rings. The molecule has 1 unspecified atom stereocenters. The van der Waals surface area contributed by atoms with Crippen molar-refractivity contribution < 1.29 is 13.9 Å². The first kappa shape index (κ1) is 16.1. The number of nitrogens with zero attached hydrogens (tertiary/aromatic N) is 3. The highest BCUT2D eigenvalue weighted by molar-refractivity contribution is 5.20. The van der Waals surface area contributed by atoms with Crippen LogP contribution in [0, 0.1) is 17.6 Å². The Morgan fingerprint density at radius 3 is 2.65 bits per heavy atom. The molecule has 6 heteroatoms. The van der Waals surface area contributed by atoms with Crippen LogP contribution in [0.4, 0.5) is 8.78 Å². The van der Waals surface area contributed by atoms with Gasteiger partial charge in [0.2, 0.25) is 0 Å². The summed E-state index contributed by atoms with van der Waals surface area (Å²) in [7, 11) is 0. The summed E-state index contributed by atoms with van der Waals surface area (Å²) < 4.78 is 28.1. The molecule has 1 aromatic heterocycles. The Balaban J connectivity index is 1.49. The zero-order chi connectivity index (χ0) is 16.2. The van der Waals surface area contributed by atoms with E-state index >= 15 is 0 Å². The third-order valence-corrected chi connectivity index (χ3v) is 4.47. The number of aliphatic hydroxyl groups is 1. The predicted octanol–water partition coefficient (Wildman–Crippen LogP) is 2.61. The Kier molecular flexibility index (Phi) is 5.03. The van der Waals surface area contributed by atoms with Crippen LogP contribution >= 0.6 is 0 Å². The molecule has 3 rings (SSSR count). The molecule has 2 heterocycles. The van der Waals surface area contributed by atoms with Gasteiger partial charge in [0.15, 0.2) is 11.6 Å². The van der Waals surface area contributed by atoms with Gasteiger partial charge >= 0.3 is 0 Å². The lowest BCUT2D eigenvalue weighted by Crippen LogP contribution is -2.37. The van der Waals surface area contributed by atoms with Crippen LogP contribution < -0.4 is 0 Å². The number of hydrogen-bond donors (Lipinski definition) is 1. The average Bonchev–Trinajstić information content (AvgIpc) is 3.05. The lowest BCUT2D eigenvalue weighted by atomic mass is 9.96. The standard InChI is InChI=1S/C17H21F2N3O/c18-15-3-2-14(10-16(15)19)17(23)12-21-8-4-13(5-9-21)11-22-7-1-6-20-22/h1-3,6-7,10,13,17,23H,4-5,8-9,11-12H2. The molecule has 0 spiro atoms. The van der Waals surface area contributed by atoms with Crippen LogP contribution in [-0.2, 0) is 6.54 Å². The highest BCUT2D eigenvalue weighted by Gasteiger charge is 2.22. The van der Waals surface area contributed by atoms with E-state index in [1.807, 2.05) is 16.9 Å². The summed E-state index contributed by atoms with van der Waals surface area (Å²) in [5.74, 6) is -1.22. The zero-order valence-corrected chi connectivity index (χ0v) is 12.9. The number of piperidine rings is 1. The first-order valence-electron chi connectivity index (χ1n) is 7.94. The topological polar surface area (TPSA) is 41.3 Å². The fraction of sp³-hybridized carbons (Fsp3) is 0.471. The van der Waals surface area contributed by atoms with Gasteiger partial charge in [0.05, 0.1) is 6.10 Å². The van der Waals surface area contributed by atoms with Crippen LogP contribution in [0.2, 0.25) is 0 Å². The first-order chi connectivity index (χ1) is 11.1. The molecule has 1 N–H and O–H groups in total. The van der Waals surface area contributed by atoms with Crippen LogP contribution in [0.25, 0.3) is 0 Å². The minimum atomic E-state index is -0.917. The molecule has 1 saturated heterocycles. The van der Waals surface area contributed by atoms with E-state index in [1.165, 1.54) is 6.07 Å². The number of hydrogen-bond acceptors (Lipinski definition) is 3. The molecule has 0 aliphatic carbocycles. The maximum absolute atomic E-state index is 13.2. The quantitative estimate of drug-likeness (QED) is 0.920. The fourth-order valence-electron chi connectivity index (χ4n) is 3.09. The molecule has 0 saturated carbocycles. The molecule has 1 atom stereocenters. The molecule has 0 radical (unpaired) electrons. The van der Waals surface area contributed by atoms with E-state index in [1.54, 1.807) is 6.20 Å². The largest absolute Gasteiger partial charge is 0.387 e. The molecule has 4 nitrogen and oxygen atoms in total. The van der Waals surface area contributed by atoms with Crippen LogP contribution in [0.5, 0.6) is 0 Å². The van der Waals surface area contributed by atoms with Crippen molar-refractivity contribution in [3.8, 4) is 0 Å². The van der Waals surface area contributed by atoms with Crippen molar-refractivity contribution in [3.63, 3.8) is 0 Å². The van der Waals surface area contributed by atoms with Gasteiger partial charge in [0.1, 0.15) is 0 Å². The summed E-state index contributed by atoms with van der Waals surface area (Å²) in [5.41, 5.74) is 0.419. The van der Waals surface area contributed by atoms with E-state index in [0.717, 1.165) is 44.6 Å². The van der Waals surface area contributed by atoms with Crippen molar-refractivity contribution >= 4 is 0 Å². The molecule has 1 aromatic carbocycles. The monoisotopic (exact) mass is 321 g/mol. The normalized spacial score (nSPS) is 18.2. The Morgan fingerprint density at radius 2 is 2.00 bits per heavy atom. The Labute approximate surface area is 134 Å². The molecule has 1 aliphatic heterocycles. The number of β-amino-alcohol motifs (C(OH)–C–C–N with tert-alkyl or cyclic N) is 1. The second-order valence-corrected chi connectivity index (χ2v) is 6.16. The summed E-state index contributed by atoms with van der Waals surface area (Å²) in [5, 5.41) is 14.4. The van der Waals surface area contributed by atoms with Crippen molar-refractivity contribution in [2.75, 3.05) is 19.6 Å². The SMILES string of the molecule is OC(CN1CCC(Cn2cccn2)CC1)c1ccc(F)c(F)c1. The highest BCUT2D eigenvalue weighted by Crippen LogP contribution is 2.22. The molecular formula is C17H21F2N3O. The van der Waals surface area contributed by atoms with E-state index in [4.69, 9.17) is 0 Å². The first-order valence-corrected chi connectivity index (χ1v) is 7.94. The maximum Gasteiger partial charge on any atom is 0.159 e. The number of benzene rings is 1. The van der Waals surface area contributed by atoms with Crippen molar-refractivity contribution in [2.45, 2.75) is 25.5 Å². The van der Waals surface area contributed by atoms with E-state index in [2.05, 4.69) is 10.00 Å². The molecule has 0 bridgehead atoms. The minimum Gasteiger partial charge on any atom is -0.387 e. The Bertz CT molecular complexity index is 625. The Morgan fingerprint density at radius 1 is 1.22 bits per heavy atom. The van der Waals surface area contributed by atoms with Crippen LogP contribution in [0.15, 0.2) is 36.7 Å². The third kappa shape index (κ3) is 4.14. The fourth-order valence-corrected chi connectivity index (χ4v) is 3.09. The van der Waals surface area contributed by atoms with Crippen LogP contribution in [0.1, 0.15) is 24.5 Å². The molecule has 2 aromatic rings. The third-order valence-electron chi connectivity index (χ3n) is 4.47. The number of aliphatic hydroxyl groups excluding tert-OH is 1. The minimum absolute atomic E-state index is 0.419. The van der Waals surface area contributed by atoms with Gasteiger partial charge in [-0.25, -0.2) is 8.78 Å². The molecule has 0 amide bonds. The number of rotatable bonds is 5. The Hall–Kier alpha value is -1.79. The summed E-state index contributed by atoms with van der Waals surface area (Å²) in [6, 6.07) is 5.50. The highest BCUT2D eigenvalue weighted by atomic mass is 19.2. The van der Waals surface area contributed by atoms with Gasteiger partial charge in [-0.2, -0.15) is 5.10 Å². The summed E-state index contributed by atoms with van der Waals surface area (Å²) >= 11 is 0.